The van der Waals surface area contributed by atoms with Gasteiger partial charge in [-0.25, -0.2) is 0 Å². The number of piperidine rings is 1. The molecule has 17 heavy (non-hydrogen) atoms. The van der Waals surface area contributed by atoms with Crippen LogP contribution in [0.3, 0.4) is 0 Å². The van der Waals surface area contributed by atoms with Gasteiger partial charge in [-0.1, -0.05) is 15.9 Å². The van der Waals surface area contributed by atoms with Crippen LogP contribution < -0.4 is 0 Å². The standard InChI is InChI=1S/C13H24BrNO2/c14-5-10-17-13-1-6-15(7-2-13)11-12-3-8-16-9-4-12/h12-13H,1-11H2. The molecular formula is C13H24BrNO2. The third-order valence-electron chi connectivity index (χ3n) is 3.82. The van der Waals surface area contributed by atoms with E-state index in [1.165, 1.54) is 45.3 Å². The normalized spacial score (nSPS) is 25.2. The molecule has 2 aliphatic rings. The van der Waals surface area contributed by atoms with Gasteiger partial charge in [0.2, 0.25) is 0 Å². The van der Waals surface area contributed by atoms with Gasteiger partial charge in [-0.3, -0.25) is 0 Å². The van der Waals surface area contributed by atoms with Crippen molar-refractivity contribution in [3.63, 3.8) is 0 Å². The van der Waals surface area contributed by atoms with Crippen LogP contribution in [-0.2, 0) is 9.47 Å². The second-order valence-corrected chi connectivity index (χ2v) is 5.91. The third kappa shape index (κ3) is 4.86. The number of rotatable bonds is 5. The van der Waals surface area contributed by atoms with Crippen molar-refractivity contribution in [3.8, 4) is 0 Å². The van der Waals surface area contributed by atoms with Crippen LogP contribution in [0.15, 0.2) is 0 Å². The van der Waals surface area contributed by atoms with Crippen molar-refractivity contribution in [1.29, 1.82) is 0 Å². The lowest BCUT2D eigenvalue weighted by Gasteiger charge is -2.35. The Kier molecular flexibility index (Phi) is 6.26. The van der Waals surface area contributed by atoms with Gasteiger partial charge in [-0.2, -0.15) is 0 Å². The fourth-order valence-corrected chi connectivity index (χ4v) is 2.95. The molecule has 2 aliphatic heterocycles. The maximum atomic E-state index is 5.78. The molecule has 2 heterocycles. The second kappa shape index (κ2) is 7.72. The molecule has 2 saturated heterocycles. The van der Waals surface area contributed by atoms with Gasteiger partial charge >= 0.3 is 0 Å². The highest BCUT2D eigenvalue weighted by Crippen LogP contribution is 2.20. The number of nitrogens with zero attached hydrogens (tertiary/aromatic N) is 1. The van der Waals surface area contributed by atoms with Crippen LogP contribution in [0.2, 0.25) is 0 Å². The monoisotopic (exact) mass is 305 g/mol. The van der Waals surface area contributed by atoms with E-state index in [0.29, 0.717) is 6.10 Å². The van der Waals surface area contributed by atoms with Crippen molar-refractivity contribution < 1.29 is 9.47 Å². The average Bonchev–Trinajstić information content (AvgIpc) is 2.39. The summed E-state index contributed by atoms with van der Waals surface area (Å²) in [4.78, 5) is 2.62. The van der Waals surface area contributed by atoms with E-state index in [9.17, 15) is 0 Å². The second-order valence-electron chi connectivity index (χ2n) is 5.12. The lowest BCUT2D eigenvalue weighted by Crippen LogP contribution is -2.40. The molecule has 0 N–H and O–H groups in total. The first-order valence-electron chi connectivity index (χ1n) is 6.86. The van der Waals surface area contributed by atoms with Crippen molar-refractivity contribution >= 4 is 15.9 Å². The molecule has 0 aliphatic carbocycles. The highest BCUT2D eigenvalue weighted by atomic mass is 79.9. The molecule has 0 radical (unpaired) electrons. The van der Waals surface area contributed by atoms with Crippen LogP contribution in [-0.4, -0.2) is 55.8 Å². The van der Waals surface area contributed by atoms with E-state index in [-0.39, 0.29) is 0 Å². The van der Waals surface area contributed by atoms with Crippen LogP contribution in [0.1, 0.15) is 25.7 Å². The minimum Gasteiger partial charge on any atom is -0.381 e. The Hall–Kier alpha value is 0.360. The first-order chi connectivity index (χ1) is 8.38. The zero-order valence-electron chi connectivity index (χ0n) is 10.6. The quantitative estimate of drug-likeness (QED) is 0.728. The van der Waals surface area contributed by atoms with Gasteiger partial charge in [-0.05, 0) is 31.6 Å². The largest absolute Gasteiger partial charge is 0.381 e. The fraction of sp³-hybridized carbons (Fsp3) is 1.00. The minimum absolute atomic E-state index is 0.499. The van der Waals surface area contributed by atoms with Gasteiger partial charge in [0.15, 0.2) is 0 Å². The van der Waals surface area contributed by atoms with E-state index in [2.05, 4.69) is 20.8 Å². The number of ether oxygens (including phenoxy) is 2. The molecule has 2 rings (SSSR count). The molecule has 0 aromatic rings. The number of halogens is 1. The van der Waals surface area contributed by atoms with Crippen molar-refractivity contribution in [2.45, 2.75) is 31.8 Å². The van der Waals surface area contributed by atoms with Crippen molar-refractivity contribution in [2.75, 3.05) is 44.8 Å². The van der Waals surface area contributed by atoms with Crippen LogP contribution in [0.5, 0.6) is 0 Å². The van der Waals surface area contributed by atoms with E-state index in [1.54, 1.807) is 0 Å². The summed E-state index contributed by atoms with van der Waals surface area (Å²) in [7, 11) is 0. The van der Waals surface area contributed by atoms with Crippen LogP contribution in [0, 0.1) is 5.92 Å². The summed E-state index contributed by atoms with van der Waals surface area (Å²) >= 11 is 3.41. The lowest BCUT2D eigenvalue weighted by molar-refractivity contribution is 0.00332. The maximum Gasteiger partial charge on any atom is 0.0599 e. The summed E-state index contributed by atoms with van der Waals surface area (Å²) < 4.78 is 11.2. The molecule has 0 amide bonds. The Morgan fingerprint density at radius 3 is 2.47 bits per heavy atom. The van der Waals surface area contributed by atoms with E-state index in [0.717, 1.165) is 31.1 Å². The highest BCUT2D eigenvalue weighted by Gasteiger charge is 2.22. The summed E-state index contributed by atoms with van der Waals surface area (Å²) in [6.07, 6.45) is 5.41. The molecular weight excluding hydrogens is 282 g/mol. The number of alkyl halides is 1. The third-order valence-corrected chi connectivity index (χ3v) is 4.15. The van der Waals surface area contributed by atoms with Gasteiger partial charge in [0.05, 0.1) is 12.7 Å². The number of hydrogen-bond donors (Lipinski definition) is 0. The topological polar surface area (TPSA) is 21.7 Å². The Labute approximate surface area is 113 Å². The molecule has 0 saturated carbocycles. The molecule has 0 unspecified atom stereocenters. The van der Waals surface area contributed by atoms with Crippen LogP contribution in [0.25, 0.3) is 0 Å². The smallest absolute Gasteiger partial charge is 0.0599 e. The molecule has 0 bridgehead atoms. The van der Waals surface area contributed by atoms with E-state index in [1.807, 2.05) is 0 Å². The Balaban J connectivity index is 1.61. The lowest BCUT2D eigenvalue weighted by atomic mass is 9.98. The van der Waals surface area contributed by atoms with E-state index >= 15 is 0 Å². The van der Waals surface area contributed by atoms with Gasteiger partial charge in [0.25, 0.3) is 0 Å². The summed E-state index contributed by atoms with van der Waals surface area (Å²) in [5.74, 6) is 0.865. The van der Waals surface area contributed by atoms with Gasteiger partial charge in [-0.15, -0.1) is 0 Å². The van der Waals surface area contributed by atoms with Gasteiger partial charge in [0, 0.05) is 38.2 Å². The molecule has 4 heteroatoms. The first-order valence-corrected chi connectivity index (χ1v) is 7.98. The SMILES string of the molecule is BrCCOC1CCN(CC2CCOCC2)CC1. The molecule has 0 aromatic heterocycles. The predicted molar refractivity (Wildman–Crippen MR) is 72.8 cm³/mol. The van der Waals surface area contributed by atoms with Crippen molar-refractivity contribution in [1.82, 2.24) is 4.90 Å². The van der Waals surface area contributed by atoms with Gasteiger partial charge in [0.1, 0.15) is 0 Å². The van der Waals surface area contributed by atoms with E-state index < -0.39 is 0 Å². The average molecular weight is 306 g/mol. The van der Waals surface area contributed by atoms with Crippen molar-refractivity contribution in [3.05, 3.63) is 0 Å². The summed E-state index contributed by atoms with van der Waals surface area (Å²) in [6.45, 7) is 6.48. The number of hydrogen-bond acceptors (Lipinski definition) is 3. The molecule has 0 spiro atoms. The van der Waals surface area contributed by atoms with E-state index in [4.69, 9.17) is 9.47 Å². The Morgan fingerprint density at radius 2 is 1.82 bits per heavy atom. The van der Waals surface area contributed by atoms with Gasteiger partial charge < -0.3 is 14.4 Å². The predicted octanol–water partition coefficient (Wildman–Crippen LogP) is 2.29. The summed E-state index contributed by atoms with van der Waals surface area (Å²) in [6, 6.07) is 0. The summed E-state index contributed by atoms with van der Waals surface area (Å²) in [5.41, 5.74) is 0. The Morgan fingerprint density at radius 1 is 1.12 bits per heavy atom. The van der Waals surface area contributed by atoms with Crippen LogP contribution in [0.4, 0.5) is 0 Å². The molecule has 0 atom stereocenters. The van der Waals surface area contributed by atoms with Crippen molar-refractivity contribution in [2.24, 2.45) is 5.92 Å². The zero-order valence-corrected chi connectivity index (χ0v) is 12.2. The molecule has 2 fully saturated rings. The number of likely N-dealkylation sites (tertiary alicyclic amines) is 1. The fourth-order valence-electron chi connectivity index (χ4n) is 2.76. The maximum absolute atomic E-state index is 5.78. The Bertz CT molecular complexity index is 202. The molecule has 0 aromatic carbocycles. The minimum atomic E-state index is 0.499. The molecule has 100 valence electrons. The molecule has 3 nitrogen and oxygen atoms in total. The van der Waals surface area contributed by atoms with Crippen LogP contribution >= 0.6 is 15.9 Å². The zero-order chi connectivity index (χ0) is 11.9. The summed E-state index contributed by atoms with van der Waals surface area (Å²) in [5, 5.41) is 0.954. The highest BCUT2D eigenvalue weighted by molar-refractivity contribution is 9.09. The first kappa shape index (κ1) is 13.8.